The first-order chi connectivity index (χ1) is 8.66. The third kappa shape index (κ3) is 1.62. The van der Waals surface area contributed by atoms with E-state index in [0.29, 0.717) is 0 Å². The van der Waals surface area contributed by atoms with Gasteiger partial charge in [-0.05, 0) is 17.7 Å². The Hall–Kier alpha value is -2.07. The van der Waals surface area contributed by atoms with Crippen LogP contribution in [0.2, 0.25) is 0 Å². The predicted molar refractivity (Wildman–Crippen MR) is 72.3 cm³/mol. The summed E-state index contributed by atoms with van der Waals surface area (Å²) in [5.74, 6) is -0.655. The first-order valence-corrected chi connectivity index (χ1v) is 6.32. The molecule has 90 valence electrons. The molecule has 3 aromatic rings. The molecule has 0 atom stereocenters. The molecule has 0 spiro atoms. The van der Waals surface area contributed by atoms with Gasteiger partial charge in [-0.2, -0.15) is 0 Å². The fourth-order valence-electron chi connectivity index (χ4n) is 2.19. The van der Waals surface area contributed by atoms with Gasteiger partial charge in [0, 0.05) is 15.5 Å². The molecule has 0 aliphatic carbocycles. The number of fused-ring (bicyclic) bond motifs is 3. The summed E-state index contributed by atoms with van der Waals surface area (Å²) in [6.07, 6.45) is -0.0303. The van der Waals surface area contributed by atoms with Crippen LogP contribution in [0, 0.1) is 0 Å². The lowest BCUT2D eigenvalue weighted by molar-refractivity contribution is -0.136. The highest BCUT2D eigenvalue weighted by atomic mass is 32.1. The van der Waals surface area contributed by atoms with Gasteiger partial charge in [0.05, 0.1) is 11.1 Å². The number of rotatable bonds is 2. The van der Waals surface area contributed by atoms with Crippen molar-refractivity contribution in [2.75, 3.05) is 0 Å². The number of phenols is 1. The molecule has 1 heterocycles. The standard InChI is InChI=1S/C14H10O3S/c15-10-6-5-8(7-12(16)17)13-9-3-1-2-4-11(9)18-14(10)13/h1-6,15H,7H2,(H,16,17). The molecule has 18 heavy (non-hydrogen) atoms. The van der Waals surface area contributed by atoms with Crippen LogP contribution in [0.25, 0.3) is 20.2 Å². The third-order valence-electron chi connectivity index (χ3n) is 2.93. The second-order valence-corrected chi connectivity index (χ2v) is 5.17. The second-order valence-electron chi connectivity index (χ2n) is 4.12. The number of benzene rings is 2. The van der Waals surface area contributed by atoms with E-state index >= 15 is 0 Å². The van der Waals surface area contributed by atoms with E-state index in [1.807, 2.05) is 24.3 Å². The molecule has 4 heteroatoms. The number of aliphatic carboxylic acids is 1. The van der Waals surface area contributed by atoms with Crippen molar-refractivity contribution in [2.45, 2.75) is 6.42 Å². The van der Waals surface area contributed by atoms with Crippen LogP contribution in [-0.2, 0) is 11.2 Å². The van der Waals surface area contributed by atoms with E-state index in [0.717, 1.165) is 25.7 Å². The van der Waals surface area contributed by atoms with Gasteiger partial charge in [-0.25, -0.2) is 0 Å². The van der Waals surface area contributed by atoms with Gasteiger partial charge in [0.2, 0.25) is 0 Å². The summed E-state index contributed by atoms with van der Waals surface area (Å²) < 4.78 is 1.82. The number of phenolic OH excluding ortho intramolecular Hbond substituents is 1. The molecule has 0 amide bonds. The van der Waals surface area contributed by atoms with Crippen molar-refractivity contribution in [3.63, 3.8) is 0 Å². The van der Waals surface area contributed by atoms with Crippen LogP contribution < -0.4 is 0 Å². The maximum Gasteiger partial charge on any atom is 0.307 e. The zero-order valence-electron chi connectivity index (χ0n) is 9.38. The maximum absolute atomic E-state index is 10.9. The van der Waals surface area contributed by atoms with E-state index in [1.54, 1.807) is 12.1 Å². The van der Waals surface area contributed by atoms with Gasteiger partial charge in [0.1, 0.15) is 5.75 Å². The van der Waals surface area contributed by atoms with E-state index in [9.17, 15) is 9.90 Å². The number of carbonyl (C=O) groups is 1. The highest BCUT2D eigenvalue weighted by Gasteiger charge is 2.14. The quantitative estimate of drug-likeness (QED) is 0.740. The molecule has 0 radical (unpaired) electrons. The fourth-order valence-corrected chi connectivity index (χ4v) is 3.36. The van der Waals surface area contributed by atoms with E-state index in [1.165, 1.54) is 11.3 Å². The smallest absolute Gasteiger partial charge is 0.307 e. The molecule has 0 saturated heterocycles. The monoisotopic (exact) mass is 258 g/mol. The van der Waals surface area contributed by atoms with Crippen LogP contribution >= 0.6 is 11.3 Å². The van der Waals surface area contributed by atoms with E-state index in [-0.39, 0.29) is 12.2 Å². The average molecular weight is 258 g/mol. The number of thiophene rings is 1. The molecule has 0 aliphatic rings. The Labute approximate surface area is 107 Å². The predicted octanol–water partition coefficient (Wildman–Crippen LogP) is 3.39. The minimum atomic E-state index is -0.864. The van der Waals surface area contributed by atoms with Gasteiger partial charge in [0.15, 0.2) is 0 Å². The number of carboxylic acid groups (broad SMARTS) is 1. The summed E-state index contributed by atoms with van der Waals surface area (Å²) in [6.45, 7) is 0. The van der Waals surface area contributed by atoms with Gasteiger partial charge >= 0.3 is 5.97 Å². The summed E-state index contributed by atoms with van der Waals surface area (Å²) in [4.78, 5) is 10.9. The highest BCUT2D eigenvalue weighted by Crippen LogP contribution is 2.40. The first-order valence-electron chi connectivity index (χ1n) is 5.50. The summed E-state index contributed by atoms with van der Waals surface area (Å²) in [6, 6.07) is 11.0. The zero-order valence-corrected chi connectivity index (χ0v) is 10.2. The van der Waals surface area contributed by atoms with E-state index < -0.39 is 5.97 Å². The van der Waals surface area contributed by atoms with Crippen molar-refractivity contribution in [2.24, 2.45) is 0 Å². The van der Waals surface area contributed by atoms with Gasteiger partial charge < -0.3 is 10.2 Å². The van der Waals surface area contributed by atoms with Gasteiger partial charge in [-0.1, -0.05) is 24.3 Å². The average Bonchev–Trinajstić information content (AvgIpc) is 2.73. The van der Waals surface area contributed by atoms with Crippen LogP contribution in [0.15, 0.2) is 36.4 Å². The van der Waals surface area contributed by atoms with Crippen LogP contribution in [0.5, 0.6) is 5.75 Å². The van der Waals surface area contributed by atoms with Crippen LogP contribution in [-0.4, -0.2) is 16.2 Å². The molecular weight excluding hydrogens is 248 g/mol. The lowest BCUT2D eigenvalue weighted by atomic mass is 10.0. The Morgan fingerprint density at radius 1 is 1.17 bits per heavy atom. The van der Waals surface area contributed by atoms with Crippen molar-refractivity contribution >= 4 is 37.5 Å². The summed E-state index contributed by atoms with van der Waals surface area (Å²) in [5.41, 5.74) is 0.743. The number of hydrogen-bond acceptors (Lipinski definition) is 3. The Kier molecular flexibility index (Phi) is 2.45. The van der Waals surface area contributed by atoms with Crippen molar-refractivity contribution in [1.29, 1.82) is 0 Å². The van der Waals surface area contributed by atoms with Gasteiger partial charge in [-0.3, -0.25) is 4.79 Å². The normalized spacial score (nSPS) is 11.1. The molecule has 0 saturated carbocycles. The SMILES string of the molecule is O=C(O)Cc1ccc(O)c2sc3ccccc3c12. The second kappa shape index (κ2) is 3.99. The summed E-state index contributed by atoms with van der Waals surface area (Å²) in [7, 11) is 0. The Balaban J connectivity index is 2.43. The molecule has 0 bridgehead atoms. The molecule has 0 aliphatic heterocycles. The van der Waals surface area contributed by atoms with Crippen LogP contribution in [0.4, 0.5) is 0 Å². The molecular formula is C14H10O3S. The largest absolute Gasteiger partial charge is 0.506 e. The molecule has 0 fully saturated rings. The number of carboxylic acids is 1. The van der Waals surface area contributed by atoms with E-state index in [2.05, 4.69) is 0 Å². The van der Waals surface area contributed by atoms with E-state index in [4.69, 9.17) is 5.11 Å². The zero-order chi connectivity index (χ0) is 12.7. The Bertz CT molecular complexity index is 758. The molecule has 2 aromatic carbocycles. The lowest BCUT2D eigenvalue weighted by Crippen LogP contribution is -2.00. The number of hydrogen-bond donors (Lipinski definition) is 2. The minimum Gasteiger partial charge on any atom is -0.506 e. The topological polar surface area (TPSA) is 57.5 Å². The van der Waals surface area contributed by atoms with Crippen molar-refractivity contribution in [1.82, 2.24) is 0 Å². The van der Waals surface area contributed by atoms with Crippen LogP contribution in [0.1, 0.15) is 5.56 Å². The summed E-state index contributed by atoms with van der Waals surface area (Å²) in [5, 5.41) is 20.7. The van der Waals surface area contributed by atoms with Crippen LogP contribution in [0.3, 0.4) is 0 Å². The lowest BCUT2D eigenvalue weighted by Gasteiger charge is -2.02. The third-order valence-corrected chi connectivity index (χ3v) is 4.13. The molecule has 3 rings (SSSR count). The maximum atomic E-state index is 10.9. The molecule has 1 aromatic heterocycles. The molecule has 0 unspecified atom stereocenters. The number of aromatic hydroxyl groups is 1. The van der Waals surface area contributed by atoms with Crippen molar-refractivity contribution < 1.29 is 15.0 Å². The van der Waals surface area contributed by atoms with Gasteiger partial charge in [-0.15, -0.1) is 11.3 Å². The first kappa shape index (κ1) is 11.0. The summed E-state index contributed by atoms with van der Waals surface area (Å²) >= 11 is 1.49. The van der Waals surface area contributed by atoms with Gasteiger partial charge in [0.25, 0.3) is 0 Å². The Morgan fingerprint density at radius 2 is 1.94 bits per heavy atom. The fraction of sp³-hybridized carbons (Fsp3) is 0.0714. The Morgan fingerprint density at radius 3 is 2.72 bits per heavy atom. The molecule has 3 nitrogen and oxygen atoms in total. The van der Waals surface area contributed by atoms with Crippen molar-refractivity contribution in [3.8, 4) is 5.75 Å². The highest BCUT2D eigenvalue weighted by molar-refractivity contribution is 7.26. The molecule has 2 N–H and O–H groups in total. The minimum absolute atomic E-state index is 0.0303. The van der Waals surface area contributed by atoms with Crippen molar-refractivity contribution in [3.05, 3.63) is 42.0 Å².